The second-order valence-corrected chi connectivity index (χ2v) is 4.56. The van der Waals surface area contributed by atoms with Crippen LogP contribution < -0.4 is 11.3 Å². The minimum absolute atomic E-state index is 0.0687. The van der Waals surface area contributed by atoms with Gasteiger partial charge in [0, 0.05) is 29.9 Å². The number of hydrogen-bond acceptors (Lipinski definition) is 5. The quantitative estimate of drug-likeness (QED) is 0.623. The minimum atomic E-state index is 0.0687. The third-order valence-electron chi connectivity index (χ3n) is 2.40. The maximum atomic E-state index is 5.56. The summed E-state index contributed by atoms with van der Waals surface area (Å²) in [5.41, 5.74) is 4.90. The Hall–Kier alpha value is -1.30. The molecule has 4 nitrogen and oxygen atoms in total. The van der Waals surface area contributed by atoms with E-state index in [4.69, 9.17) is 5.84 Å². The summed E-state index contributed by atoms with van der Waals surface area (Å²) in [4.78, 5) is 8.51. The molecule has 5 heteroatoms. The first-order valence-corrected chi connectivity index (χ1v) is 5.94. The van der Waals surface area contributed by atoms with Gasteiger partial charge in [-0.1, -0.05) is 6.07 Å². The molecule has 0 spiro atoms. The van der Waals surface area contributed by atoms with Gasteiger partial charge in [-0.2, -0.15) is 0 Å². The van der Waals surface area contributed by atoms with E-state index in [-0.39, 0.29) is 6.04 Å². The van der Waals surface area contributed by atoms with E-state index in [1.54, 1.807) is 17.5 Å². The SMILES string of the molecule is Cc1ccc(C(Cc2nccs2)NN)cn1. The minimum Gasteiger partial charge on any atom is -0.271 e. The smallest absolute Gasteiger partial charge is 0.0944 e. The molecule has 16 heavy (non-hydrogen) atoms. The molecule has 2 heterocycles. The van der Waals surface area contributed by atoms with E-state index in [0.717, 1.165) is 22.7 Å². The summed E-state index contributed by atoms with van der Waals surface area (Å²) < 4.78 is 0. The molecular formula is C11H14N4S. The molecule has 0 aliphatic rings. The van der Waals surface area contributed by atoms with Gasteiger partial charge in [0.05, 0.1) is 11.0 Å². The molecule has 84 valence electrons. The number of aryl methyl sites for hydroxylation is 1. The van der Waals surface area contributed by atoms with Crippen LogP contribution in [-0.4, -0.2) is 9.97 Å². The van der Waals surface area contributed by atoms with Gasteiger partial charge in [0.25, 0.3) is 0 Å². The van der Waals surface area contributed by atoms with Gasteiger partial charge in [-0.25, -0.2) is 4.98 Å². The number of aromatic nitrogens is 2. The van der Waals surface area contributed by atoms with E-state index in [1.807, 2.05) is 30.6 Å². The Kier molecular flexibility index (Phi) is 3.61. The highest BCUT2D eigenvalue weighted by atomic mass is 32.1. The first kappa shape index (κ1) is 11.2. The van der Waals surface area contributed by atoms with Crippen molar-refractivity contribution in [2.24, 2.45) is 5.84 Å². The zero-order valence-corrected chi connectivity index (χ0v) is 9.87. The van der Waals surface area contributed by atoms with Crippen molar-refractivity contribution in [1.29, 1.82) is 0 Å². The Bertz CT molecular complexity index is 424. The zero-order chi connectivity index (χ0) is 11.4. The van der Waals surface area contributed by atoms with Gasteiger partial charge in [-0.3, -0.25) is 16.3 Å². The summed E-state index contributed by atoms with van der Waals surface area (Å²) in [6.07, 6.45) is 4.45. The van der Waals surface area contributed by atoms with Crippen molar-refractivity contribution in [3.63, 3.8) is 0 Å². The largest absolute Gasteiger partial charge is 0.271 e. The first-order chi connectivity index (χ1) is 7.79. The van der Waals surface area contributed by atoms with Gasteiger partial charge in [0.2, 0.25) is 0 Å². The Morgan fingerprint density at radius 3 is 2.88 bits per heavy atom. The van der Waals surface area contributed by atoms with Crippen LogP contribution in [0, 0.1) is 6.92 Å². The average Bonchev–Trinajstić information content (AvgIpc) is 2.80. The lowest BCUT2D eigenvalue weighted by atomic mass is 10.1. The number of nitrogens with zero attached hydrogens (tertiary/aromatic N) is 2. The van der Waals surface area contributed by atoms with Crippen molar-refractivity contribution in [2.75, 3.05) is 0 Å². The predicted octanol–water partition coefficient (Wildman–Crippen LogP) is 1.59. The van der Waals surface area contributed by atoms with Gasteiger partial charge < -0.3 is 0 Å². The molecule has 3 N–H and O–H groups in total. The summed E-state index contributed by atoms with van der Waals surface area (Å²) in [6, 6.07) is 4.10. The molecule has 0 amide bonds. The number of nitrogens with one attached hydrogen (secondary N) is 1. The van der Waals surface area contributed by atoms with Crippen LogP contribution in [0.5, 0.6) is 0 Å². The van der Waals surface area contributed by atoms with Gasteiger partial charge in [0.1, 0.15) is 0 Å². The molecule has 0 fully saturated rings. The van der Waals surface area contributed by atoms with Crippen molar-refractivity contribution in [3.8, 4) is 0 Å². The second kappa shape index (κ2) is 5.16. The summed E-state index contributed by atoms with van der Waals surface area (Å²) in [5, 5.41) is 3.04. The molecule has 0 aromatic carbocycles. The van der Waals surface area contributed by atoms with Crippen LogP contribution in [0.15, 0.2) is 29.9 Å². The summed E-state index contributed by atoms with van der Waals surface area (Å²) in [7, 11) is 0. The molecule has 2 aromatic heterocycles. The van der Waals surface area contributed by atoms with E-state index in [2.05, 4.69) is 15.4 Å². The summed E-state index contributed by atoms with van der Waals surface area (Å²) in [5.74, 6) is 5.56. The lowest BCUT2D eigenvalue weighted by Gasteiger charge is -2.14. The highest BCUT2D eigenvalue weighted by Crippen LogP contribution is 2.18. The van der Waals surface area contributed by atoms with E-state index >= 15 is 0 Å². The highest BCUT2D eigenvalue weighted by molar-refractivity contribution is 7.09. The summed E-state index contributed by atoms with van der Waals surface area (Å²) >= 11 is 1.64. The second-order valence-electron chi connectivity index (χ2n) is 3.58. The summed E-state index contributed by atoms with van der Waals surface area (Å²) in [6.45, 7) is 1.97. The topological polar surface area (TPSA) is 63.8 Å². The van der Waals surface area contributed by atoms with E-state index in [1.165, 1.54) is 0 Å². The van der Waals surface area contributed by atoms with Crippen LogP contribution in [0.3, 0.4) is 0 Å². The highest BCUT2D eigenvalue weighted by Gasteiger charge is 2.12. The van der Waals surface area contributed by atoms with Crippen molar-refractivity contribution < 1.29 is 0 Å². The van der Waals surface area contributed by atoms with Crippen LogP contribution in [0.1, 0.15) is 22.3 Å². The third kappa shape index (κ3) is 2.63. The van der Waals surface area contributed by atoms with E-state index in [9.17, 15) is 0 Å². The van der Waals surface area contributed by atoms with Crippen LogP contribution in [0.25, 0.3) is 0 Å². The van der Waals surface area contributed by atoms with Gasteiger partial charge in [-0.15, -0.1) is 11.3 Å². The number of hydrogen-bond donors (Lipinski definition) is 2. The molecule has 0 saturated heterocycles. The van der Waals surface area contributed by atoms with Crippen molar-refractivity contribution in [1.82, 2.24) is 15.4 Å². The average molecular weight is 234 g/mol. The van der Waals surface area contributed by atoms with Crippen LogP contribution in [0.2, 0.25) is 0 Å². The predicted molar refractivity (Wildman–Crippen MR) is 64.9 cm³/mol. The van der Waals surface area contributed by atoms with E-state index in [0.29, 0.717) is 0 Å². The van der Waals surface area contributed by atoms with Crippen molar-refractivity contribution >= 4 is 11.3 Å². The Labute approximate surface area is 98.5 Å². The number of nitrogens with two attached hydrogens (primary N) is 1. The van der Waals surface area contributed by atoms with Crippen LogP contribution in [0.4, 0.5) is 0 Å². The van der Waals surface area contributed by atoms with E-state index < -0.39 is 0 Å². The number of hydrazine groups is 1. The third-order valence-corrected chi connectivity index (χ3v) is 3.20. The molecule has 1 atom stereocenters. The van der Waals surface area contributed by atoms with Crippen LogP contribution >= 0.6 is 11.3 Å². The Morgan fingerprint density at radius 2 is 2.31 bits per heavy atom. The normalized spacial score (nSPS) is 12.6. The maximum Gasteiger partial charge on any atom is 0.0944 e. The standard InChI is InChI=1S/C11H14N4S/c1-8-2-3-9(7-14-8)10(15-12)6-11-13-4-5-16-11/h2-5,7,10,15H,6,12H2,1H3. The molecule has 1 unspecified atom stereocenters. The molecule has 2 aromatic rings. The van der Waals surface area contributed by atoms with Crippen LogP contribution in [-0.2, 0) is 6.42 Å². The lowest BCUT2D eigenvalue weighted by Crippen LogP contribution is -2.29. The number of thiazole rings is 1. The molecule has 2 rings (SSSR count). The Balaban J connectivity index is 2.13. The van der Waals surface area contributed by atoms with Crippen molar-refractivity contribution in [3.05, 3.63) is 46.2 Å². The fourth-order valence-corrected chi connectivity index (χ4v) is 2.15. The molecule has 0 bridgehead atoms. The van der Waals surface area contributed by atoms with Gasteiger partial charge in [0.15, 0.2) is 0 Å². The molecule has 0 saturated carbocycles. The Morgan fingerprint density at radius 1 is 1.44 bits per heavy atom. The molecule has 0 radical (unpaired) electrons. The first-order valence-electron chi connectivity index (χ1n) is 5.06. The molecular weight excluding hydrogens is 220 g/mol. The maximum absolute atomic E-state index is 5.56. The lowest BCUT2D eigenvalue weighted by molar-refractivity contribution is 0.549. The van der Waals surface area contributed by atoms with Crippen molar-refractivity contribution in [2.45, 2.75) is 19.4 Å². The number of rotatable bonds is 4. The fraction of sp³-hybridized carbons (Fsp3) is 0.273. The monoisotopic (exact) mass is 234 g/mol. The zero-order valence-electron chi connectivity index (χ0n) is 9.05. The molecule has 0 aliphatic carbocycles. The van der Waals surface area contributed by atoms with Gasteiger partial charge >= 0.3 is 0 Å². The molecule has 0 aliphatic heterocycles. The fourth-order valence-electron chi connectivity index (χ4n) is 1.49. The number of pyridine rings is 1. The van der Waals surface area contributed by atoms with Gasteiger partial charge in [-0.05, 0) is 18.6 Å².